The van der Waals surface area contributed by atoms with Crippen molar-refractivity contribution in [1.82, 2.24) is 4.90 Å². The molecule has 0 aliphatic carbocycles. The standard InChI is InChI=1S/C13H19BrN2O/c1-3-15-7-9-16(10-8-15)12-6-4-5-11(14)13(12)17-2/h4-6H,3,7-10H2,1-2H3. The Labute approximate surface area is 111 Å². The van der Waals surface area contributed by atoms with E-state index in [1.165, 1.54) is 5.69 Å². The van der Waals surface area contributed by atoms with Crippen LogP contribution in [0.25, 0.3) is 0 Å². The van der Waals surface area contributed by atoms with Gasteiger partial charge in [-0.2, -0.15) is 0 Å². The van der Waals surface area contributed by atoms with Gasteiger partial charge in [-0.25, -0.2) is 0 Å². The molecule has 1 aliphatic heterocycles. The van der Waals surface area contributed by atoms with Gasteiger partial charge in [0, 0.05) is 26.2 Å². The van der Waals surface area contributed by atoms with Crippen LogP contribution in [0.5, 0.6) is 5.75 Å². The summed E-state index contributed by atoms with van der Waals surface area (Å²) in [6, 6.07) is 6.21. The number of rotatable bonds is 3. The van der Waals surface area contributed by atoms with Gasteiger partial charge in [0.2, 0.25) is 0 Å². The van der Waals surface area contributed by atoms with Crippen molar-refractivity contribution in [3.8, 4) is 5.75 Å². The zero-order valence-corrected chi connectivity index (χ0v) is 12.0. The molecule has 0 N–H and O–H groups in total. The number of likely N-dealkylation sites (N-methyl/N-ethyl adjacent to an activating group) is 1. The van der Waals surface area contributed by atoms with E-state index in [-0.39, 0.29) is 0 Å². The Morgan fingerprint density at radius 2 is 1.94 bits per heavy atom. The van der Waals surface area contributed by atoms with Crippen molar-refractivity contribution in [2.45, 2.75) is 6.92 Å². The number of halogens is 1. The van der Waals surface area contributed by atoms with Crippen LogP contribution in [0, 0.1) is 0 Å². The van der Waals surface area contributed by atoms with Crippen molar-refractivity contribution in [3.63, 3.8) is 0 Å². The molecule has 0 aromatic heterocycles. The molecule has 94 valence electrons. The molecule has 0 radical (unpaired) electrons. The Bertz CT molecular complexity index is 376. The molecule has 0 saturated carbocycles. The summed E-state index contributed by atoms with van der Waals surface area (Å²) in [6.07, 6.45) is 0. The predicted octanol–water partition coefficient (Wildman–Crippen LogP) is 2.60. The average Bonchev–Trinajstić information content (AvgIpc) is 2.38. The van der Waals surface area contributed by atoms with E-state index in [9.17, 15) is 0 Å². The van der Waals surface area contributed by atoms with Crippen LogP contribution in [-0.2, 0) is 0 Å². The fourth-order valence-electron chi connectivity index (χ4n) is 2.25. The molecule has 1 heterocycles. The van der Waals surface area contributed by atoms with Crippen LogP contribution in [-0.4, -0.2) is 44.7 Å². The smallest absolute Gasteiger partial charge is 0.156 e. The highest BCUT2D eigenvalue weighted by Gasteiger charge is 2.19. The van der Waals surface area contributed by atoms with Gasteiger partial charge < -0.3 is 14.5 Å². The molecule has 0 spiro atoms. The summed E-state index contributed by atoms with van der Waals surface area (Å²) in [6.45, 7) is 7.76. The SMILES string of the molecule is CCN1CCN(c2cccc(Br)c2OC)CC1. The van der Waals surface area contributed by atoms with Gasteiger partial charge in [0.1, 0.15) is 0 Å². The molecule has 1 saturated heterocycles. The van der Waals surface area contributed by atoms with Gasteiger partial charge >= 0.3 is 0 Å². The number of ether oxygens (including phenoxy) is 1. The molecule has 2 rings (SSSR count). The van der Waals surface area contributed by atoms with Crippen molar-refractivity contribution < 1.29 is 4.74 Å². The van der Waals surface area contributed by atoms with Crippen LogP contribution in [0.3, 0.4) is 0 Å². The average molecular weight is 299 g/mol. The highest BCUT2D eigenvalue weighted by Crippen LogP contribution is 2.35. The number of hydrogen-bond acceptors (Lipinski definition) is 3. The number of para-hydroxylation sites is 1. The first-order chi connectivity index (χ1) is 8.26. The molecule has 3 nitrogen and oxygen atoms in total. The summed E-state index contributed by atoms with van der Waals surface area (Å²) in [4.78, 5) is 4.87. The van der Waals surface area contributed by atoms with Crippen LogP contribution in [0.1, 0.15) is 6.92 Å². The minimum Gasteiger partial charge on any atom is -0.493 e. The van der Waals surface area contributed by atoms with Gasteiger partial charge in [-0.15, -0.1) is 0 Å². The van der Waals surface area contributed by atoms with Crippen LogP contribution in [0.15, 0.2) is 22.7 Å². The zero-order chi connectivity index (χ0) is 12.3. The first-order valence-electron chi connectivity index (χ1n) is 6.06. The number of methoxy groups -OCH3 is 1. The lowest BCUT2D eigenvalue weighted by atomic mass is 10.2. The van der Waals surface area contributed by atoms with Crippen molar-refractivity contribution in [3.05, 3.63) is 22.7 Å². The Kier molecular flexibility index (Phi) is 4.29. The van der Waals surface area contributed by atoms with E-state index in [0.717, 1.165) is 42.9 Å². The van der Waals surface area contributed by atoms with Gasteiger partial charge in [-0.1, -0.05) is 13.0 Å². The normalized spacial score (nSPS) is 17.2. The number of benzene rings is 1. The number of anilines is 1. The third kappa shape index (κ3) is 2.75. The predicted molar refractivity (Wildman–Crippen MR) is 75.0 cm³/mol. The molecule has 1 aliphatic rings. The van der Waals surface area contributed by atoms with E-state index in [0.29, 0.717) is 0 Å². The van der Waals surface area contributed by atoms with Crippen molar-refractivity contribution in [1.29, 1.82) is 0 Å². The third-order valence-electron chi connectivity index (χ3n) is 3.31. The second-order valence-corrected chi connectivity index (χ2v) is 5.07. The lowest BCUT2D eigenvalue weighted by Crippen LogP contribution is -2.46. The summed E-state index contributed by atoms with van der Waals surface area (Å²) < 4.78 is 6.50. The Morgan fingerprint density at radius 3 is 2.53 bits per heavy atom. The first kappa shape index (κ1) is 12.7. The molecule has 0 amide bonds. The lowest BCUT2D eigenvalue weighted by Gasteiger charge is -2.36. The maximum Gasteiger partial charge on any atom is 0.156 e. The number of hydrogen-bond donors (Lipinski definition) is 0. The van der Waals surface area contributed by atoms with Gasteiger partial charge in [0.25, 0.3) is 0 Å². The highest BCUT2D eigenvalue weighted by atomic mass is 79.9. The molecule has 1 aromatic carbocycles. The molecule has 1 fully saturated rings. The van der Waals surface area contributed by atoms with E-state index >= 15 is 0 Å². The van der Waals surface area contributed by atoms with Crippen molar-refractivity contribution >= 4 is 21.6 Å². The zero-order valence-electron chi connectivity index (χ0n) is 10.4. The molecular weight excluding hydrogens is 280 g/mol. The summed E-state index contributed by atoms with van der Waals surface area (Å²) in [5, 5.41) is 0. The van der Waals surface area contributed by atoms with Crippen LogP contribution < -0.4 is 9.64 Å². The maximum atomic E-state index is 5.48. The number of nitrogens with zero attached hydrogens (tertiary/aromatic N) is 2. The van der Waals surface area contributed by atoms with Crippen LogP contribution >= 0.6 is 15.9 Å². The first-order valence-corrected chi connectivity index (χ1v) is 6.85. The molecule has 17 heavy (non-hydrogen) atoms. The monoisotopic (exact) mass is 298 g/mol. The second kappa shape index (κ2) is 5.74. The molecule has 0 atom stereocenters. The molecular formula is C13H19BrN2O. The Balaban J connectivity index is 2.15. The fraction of sp³-hybridized carbons (Fsp3) is 0.538. The van der Waals surface area contributed by atoms with Crippen molar-refractivity contribution in [2.24, 2.45) is 0 Å². The van der Waals surface area contributed by atoms with E-state index in [1.54, 1.807) is 7.11 Å². The highest BCUT2D eigenvalue weighted by molar-refractivity contribution is 9.10. The second-order valence-electron chi connectivity index (χ2n) is 4.21. The lowest BCUT2D eigenvalue weighted by molar-refractivity contribution is 0.270. The summed E-state index contributed by atoms with van der Waals surface area (Å²) in [5.74, 6) is 0.942. The maximum absolute atomic E-state index is 5.48. The van der Waals surface area contributed by atoms with E-state index in [1.807, 2.05) is 6.07 Å². The van der Waals surface area contributed by atoms with E-state index in [4.69, 9.17) is 4.74 Å². The van der Waals surface area contributed by atoms with Gasteiger partial charge in [-0.3, -0.25) is 0 Å². The quantitative estimate of drug-likeness (QED) is 0.853. The Morgan fingerprint density at radius 1 is 1.24 bits per heavy atom. The largest absolute Gasteiger partial charge is 0.493 e. The summed E-state index contributed by atoms with van der Waals surface area (Å²) in [7, 11) is 1.73. The van der Waals surface area contributed by atoms with Gasteiger partial charge in [0.05, 0.1) is 17.3 Å². The van der Waals surface area contributed by atoms with Crippen LogP contribution in [0.4, 0.5) is 5.69 Å². The third-order valence-corrected chi connectivity index (χ3v) is 3.93. The van der Waals surface area contributed by atoms with E-state index < -0.39 is 0 Å². The molecule has 0 unspecified atom stereocenters. The molecule has 1 aromatic rings. The van der Waals surface area contributed by atoms with Crippen LogP contribution in [0.2, 0.25) is 0 Å². The van der Waals surface area contributed by atoms with Crippen molar-refractivity contribution in [2.75, 3.05) is 44.7 Å². The minimum absolute atomic E-state index is 0.942. The molecule has 4 heteroatoms. The molecule has 0 bridgehead atoms. The summed E-state index contributed by atoms with van der Waals surface area (Å²) in [5.41, 5.74) is 1.19. The summed E-state index contributed by atoms with van der Waals surface area (Å²) >= 11 is 3.54. The number of piperazine rings is 1. The van der Waals surface area contributed by atoms with Gasteiger partial charge in [-0.05, 0) is 34.6 Å². The topological polar surface area (TPSA) is 15.7 Å². The van der Waals surface area contributed by atoms with E-state index in [2.05, 4.69) is 44.8 Å². The minimum atomic E-state index is 0.942. The van der Waals surface area contributed by atoms with Gasteiger partial charge in [0.15, 0.2) is 5.75 Å². The Hall–Kier alpha value is -0.740. The fourth-order valence-corrected chi connectivity index (χ4v) is 2.77.